The second kappa shape index (κ2) is 10.3. The zero-order valence-corrected chi connectivity index (χ0v) is 21.3. The summed E-state index contributed by atoms with van der Waals surface area (Å²) in [5.41, 5.74) is 5.01. The van der Waals surface area contributed by atoms with Gasteiger partial charge in [-0.15, -0.1) is 0 Å². The molecule has 11 heteroatoms. The number of ether oxygens (including phenoxy) is 2. The summed E-state index contributed by atoms with van der Waals surface area (Å²) < 4.78 is 11.8. The number of hydrogen-bond acceptors (Lipinski definition) is 6. The van der Waals surface area contributed by atoms with Crippen molar-refractivity contribution < 1.29 is 24.2 Å². The Hall–Kier alpha value is -3.76. The van der Waals surface area contributed by atoms with E-state index >= 15 is 0 Å². The Balaban J connectivity index is 1.51. The van der Waals surface area contributed by atoms with Crippen LogP contribution in [0.5, 0.6) is 5.75 Å². The van der Waals surface area contributed by atoms with Crippen molar-refractivity contribution in [3.63, 3.8) is 0 Å². The molecule has 2 atom stereocenters. The first-order valence-corrected chi connectivity index (χ1v) is 12.4. The highest BCUT2D eigenvalue weighted by atomic mass is 35.5. The number of carbonyl (C=O) groups excluding carboxylic acids is 1. The number of carbonyl (C=O) groups is 2. The fraction of sp³-hybridized carbons (Fsp3) is 0.346. The highest BCUT2D eigenvalue weighted by molar-refractivity contribution is 6.31. The molecule has 194 valence electrons. The van der Waals surface area contributed by atoms with Crippen molar-refractivity contribution in [3.05, 3.63) is 58.5 Å². The number of fused-ring (bicyclic) bond motifs is 1. The van der Waals surface area contributed by atoms with Crippen molar-refractivity contribution in [2.24, 2.45) is 0 Å². The standard InChI is InChI=1S/C26H28ClN5O5/c1-14-10-20-22(25(33)29-14)24(30-19-5-3-4-18(27)15(19)2)23(31-20)17-6-7-28-11-21(17)37-13-16-12-32(26(34)35)8-9-36-16/h3-7,11,14,16,30-31H,8-10,12-13H2,1-2H3,(H,29,33)(H,34,35)/t14-,16+/m1/s1. The van der Waals surface area contributed by atoms with E-state index in [-0.39, 0.29) is 25.1 Å². The van der Waals surface area contributed by atoms with Crippen LogP contribution in [0.15, 0.2) is 36.7 Å². The van der Waals surface area contributed by atoms with Gasteiger partial charge in [0.05, 0.1) is 36.3 Å². The first-order valence-electron chi connectivity index (χ1n) is 12.1. The number of carboxylic acid groups (broad SMARTS) is 1. The minimum Gasteiger partial charge on any atom is -0.488 e. The Labute approximate surface area is 218 Å². The summed E-state index contributed by atoms with van der Waals surface area (Å²) in [6, 6.07) is 7.38. The lowest BCUT2D eigenvalue weighted by molar-refractivity contribution is -0.0411. The van der Waals surface area contributed by atoms with Crippen LogP contribution >= 0.6 is 11.6 Å². The molecule has 2 aliphatic heterocycles. The number of pyridine rings is 1. The van der Waals surface area contributed by atoms with Crippen LogP contribution in [0, 0.1) is 6.92 Å². The zero-order chi connectivity index (χ0) is 26.1. The molecule has 0 saturated carbocycles. The number of nitrogens with zero attached hydrogens (tertiary/aromatic N) is 2. The molecule has 0 aliphatic carbocycles. The third-order valence-electron chi connectivity index (χ3n) is 6.61. The van der Waals surface area contributed by atoms with E-state index < -0.39 is 12.2 Å². The largest absolute Gasteiger partial charge is 0.488 e. The minimum absolute atomic E-state index is 0.0129. The van der Waals surface area contributed by atoms with E-state index in [1.54, 1.807) is 12.4 Å². The molecule has 10 nitrogen and oxygen atoms in total. The van der Waals surface area contributed by atoms with Crippen LogP contribution in [0.25, 0.3) is 11.3 Å². The maximum Gasteiger partial charge on any atom is 0.407 e. The molecule has 4 heterocycles. The van der Waals surface area contributed by atoms with Gasteiger partial charge in [0.15, 0.2) is 0 Å². The molecule has 0 bridgehead atoms. The van der Waals surface area contributed by atoms with E-state index in [1.807, 2.05) is 38.1 Å². The molecule has 1 aromatic carbocycles. The molecule has 2 aliphatic rings. The fourth-order valence-corrected chi connectivity index (χ4v) is 4.87. The molecule has 0 radical (unpaired) electrons. The average molecular weight is 526 g/mol. The number of rotatable bonds is 6. The second-order valence-corrected chi connectivity index (χ2v) is 9.66. The van der Waals surface area contributed by atoms with E-state index in [1.165, 1.54) is 4.90 Å². The normalized spacial score (nSPS) is 19.2. The van der Waals surface area contributed by atoms with Crippen LogP contribution in [0.1, 0.15) is 28.5 Å². The quantitative estimate of drug-likeness (QED) is 0.379. The molecule has 37 heavy (non-hydrogen) atoms. The maximum absolute atomic E-state index is 13.1. The first kappa shape index (κ1) is 24.9. The summed E-state index contributed by atoms with van der Waals surface area (Å²) >= 11 is 6.36. The summed E-state index contributed by atoms with van der Waals surface area (Å²) in [6.07, 6.45) is 2.51. The van der Waals surface area contributed by atoms with Crippen LogP contribution in [-0.2, 0) is 11.2 Å². The minimum atomic E-state index is -0.980. The predicted molar refractivity (Wildman–Crippen MR) is 139 cm³/mol. The third kappa shape index (κ3) is 5.07. The Bertz CT molecular complexity index is 1340. The van der Waals surface area contributed by atoms with E-state index in [4.69, 9.17) is 21.1 Å². The molecule has 3 aromatic rings. The summed E-state index contributed by atoms with van der Waals surface area (Å²) in [6.45, 7) is 4.88. The second-order valence-electron chi connectivity index (χ2n) is 9.25. The number of amides is 2. The Kier molecular flexibility index (Phi) is 6.94. The number of nitrogens with one attached hydrogen (secondary N) is 3. The number of morpholine rings is 1. The molecular weight excluding hydrogens is 498 g/mol. The van der Waals surface area contributed by atoms with Gasteiger partial charge in [-0.05, 0) is 37.6 Å². The van der Waals surface area contributed by atoms with E-state index in [9.17, 15) is 14.7 Å². The van der Waals surface area contributed by atoms with Gasteiger partial charge in [-0.25, -0.2) is 4.79 Å². The van der Waals surface area contributed by atoms with Crippen LogP contribution in [0.3, 0.4) is 0 Å². The van der Waals surface area contributed by atoms with Gasteiger partial charge in [-0.3, -0.25) is 9.78 Å². The molecule has 1 saturated heterocycles. The van der Waals surface area contributed by atoms with E-state index in [2.05, 4.69) is 20.6 Å². The van der Waals surface area contributed by atoms with Crippen LogP contribution in [-0.4, -0.2) is 70.4 Å². The van der Waals surface area contributed by atoms with E-state index in [0.717, 1.165) is 16.9 Å². The molecule has 5 rings (SSSR count). The smallest absolute Gasteiger partial charge is 0.407 e. The Morgan fingerprint density at radius 3 is 3.03 bits per heavy atom. The van der Waals surface area contributed by atoms with Gasteiger partial charge in [0.1, 0.15) is 18.5 Å². The molecule has 2 aromatic heterocycles. The lowest BCUT2D eigenvalue weighted by Crippen LogP contribution is -2.47. The van der Waals surface area contributed by atoms with Crippen molar-refractivity contribution in [2.75, 3.05) is 31.6 Å². The van der Waals surface area contributed by atoms with Gasteiger partial charge in [0.2, 0.25) is 0 Å². The molecule has 4 N–H and O–H groups in total. The van der Waals surface area contributed by atoms with Crippen LogP contribution in [0.2, 0.25) is 5.02 Å². The van der Waals surface area contributed by atoms with Crippen LogP contribution < -0.4 is 15.4 Å². The summed E-state index contributed by atoms with van der Waals surface area (Å²) in [5.74, 6) is 0.316. The topological polar surface area (TPSA) is 129 Å². The highest BCUT2D eigenvalue weighted by Crippen LogP contribution is 2.41. The number of aromatic amines is 1. The van der Waals surface area contributed by atoms with Gasteiger partial charge in [-0.2, -0.15) is 0 Å². The molecule has 0 unspecified atom stereocenters. The number of halogens is 1. The molecule has 2 amide bonds. The number of aromatic nitrogens is 2. The molecular formula is C26H28ClN5O5. The van der Waals surface area contributed by atoms with E-state index in [0.29, 0.717) is 52.9 Å². The summed E-state index contributed by atoms with van der Waals surface area (Å²) in [5, 5.41) is 16.4. The van der Waals surface area contributed by atoms with Gasteiger partial charge in [0, 0.05) is 47.2 Å². The van der Waals surface area contributed by atoms with Crippen LogP contribution in [0.4, 0.5) is 16.2 Å². The van der Waals surface area contributed by atoms with Crippen molar-refractivity contribution in [1.29, 1.82) is 0 Å². The summed E-state index contributed by atoms with van der Waals surface area (Å²) in [7, 11) is 0. The monoisotopic (exact) mass is 525 g/mol. The van der Waals surface area contributed by atoms with Gasteiger partial charge in [-0.1, -0.05) is 17.7 Å². The number of benzene rings is 1. The molecule has 0 spiro atoms. The molecule has 1 fully saturated rings. The van der Waals surface area contributed by atoms with Gasteiger partial charge >= 0.3 is 6.09 Å². The zero-order valence-electron chi connectivity index (χ0n) is 20.5. The summed E-state index contributed by atoms with van der Waals surface area (Å²) in [4.78, 5) is 33.4. The van der Waals surface area contributed by atoms with Crippen molar-refractivity contribution in [1.82, 2.24) is 20.2 Å². The van der Waals surface area contributed by atoms with Gasteiger partial charge < -0.3 is 35.1 Å². The lowest BCUT2D eigenvalue weighted by Gasteiger charge is -2.30. The van der Waals surface area contributed by atoms with Crippen molar-refractivity contribution in [2.45, 2.75) is 32.4 Å². The maximum atomic E-state index is 13.1. The number of H-pyrrole nitrogens is 1. The van der Waals surface area contributed by atoms with Gasteiger partial charge in [0.25, 0.3) is 5.91 Å². The SMILES string of the molecule is Cc1c(Cl)cccc1Nc1c(-c2ccncc2OC[C@@H]2CN(C(=O)O)CCO2)[nH]c2c1C(=O)N[C@H](C)C2. The third-order valence-corrected chi connectivity index (χ3v) is 7.02. The van der Waals surface area contributed by atoms with Crippen molar-refractivity contribution in [3.8, 4) is 17.0 Å². The Morgan fingerprint density at radius 2 is 2.22 bits per heavy atom. The number of anilines is 2. The number of hydrogen-bond donors (Lipinski definition) is 4. The first-order chi connectivity index (χ1) is 17.8. The lowest BCUT2D eigenvalue weighted by atomic mass is 10.0. The Morgan fingerprint density at radius 1 is 1.38 bits per heavy atom. The average Bonchev–Trinajstić information content (AvgIpc) is 3.23. The predicted octanol–water partition coefficient (Wildman–Crippen LogP) is 4.21. The fourth-order valence-electron chi connectivity index (χ4n) is 4.69. The van der Waals surface area contributed by atoms with Crippen molar-refractivity contribution >= 4 is 35.0 Å². The highest BCUT2D eigenvalue weighted by Gasteiger charge is 2.31.